The number of nitrogens with zero attached hydrogens (tertiary/aromatic N) is 1. The fourth-order valence-corrected chi connectivity index (χ4v) is 4.21. The summed E-state index contributed by atoms with van der Waals surface area (Å²) < 4.78 is 0. The topological polar surface area (TPSA) is 119 Å². The molecule has 3 N–H and O–H groups in total. The Morgan fingerprint density at radius 1 is 1.34 bits per heavy atom. The van der Waals surface area contributed by atoms with Gasteiger partial charge in [-0.15, -0.1) is 0 Å². The molecule has 1 aromatic carbocycles. The maximum Gasteiger partial charge on any atom is 0.224 e. The molecular weight excluding hydrogens is 430 g/mol. The van der Waals surface area contributed by atoms with Gasteiger partial charge in [-0.25, -0.2) is 0 Å². The molecule has 0 unspecified atom stereocenters. The van der Waals surface area contributed by atoms with Crippen molar-refractivity contribution in [1.29, 1.82) is 5.26 Å². The minimum absolute atomic E-state index is 0.0319. The lowest BCUT2D eigenvalue weighted by molar-refractivity contribution is -0.132. The van der Waals surface area contributed by atoms with E-state index in [1.54, 1.807) is 31.2 Å². The standard InChI is InChI=1S/C24H32ClN3O4/c1-15(2)10-17(23(31)28-20(14-26)11-16-8-9-27-22(16)30)12-21(29)13-24(3,32)18-4-6-19(25)7-5-18/h4-7,15-17,20,32H,8-13H2,1-3H3,(H,27,30)(H,28,31)/t16-,17+,20-,24+/m0/s1. The van der Waals surface area contributed by atoms with Crippen LogP contribution in [0.4, 0.5) is 0 Å². The van der Waals surface area contributed by atoms with Crippen molar-refractivity contribution in [3.8, 4) is 6.07 Å². The van der Waals surface area contributed by atoms with Crippen molar-refractivity contribution in [3.05, 3.63) is 34.9 Å². The number of benzene rings is 1. The highest BCUT2D eigenvalue weighted by atomic mass is 35.5. The van der Waals surface area contributed by atoms with Gasteiger partial charge in [0.15, 0.2) is 0 Å². The van der Waals surface area contributed by atoms with E-state index < -0.39 is 17.6 Å². The molecule has 0 aliphatic carbocycles. The third-order valence-electron chi connectivity index (χ3n) is 5.76. The van der Waals surface area contributed by atoms with Crippen molar-refractivity contribution < 1.29 is 19.5 Å². The van der Waals surface area contributed by atoms with Gasteiger partial charge in [-0.3, -0.25) is 14.4 Å². The summed E-state index contributed by atoms with van der Waals surface area (Å²) in [6.45, 7) is 6.05. The molecule has 8 heteroatoms. The molecule has 1 aliphatic heterocycles. The zero-order chi connectivity index (χ0) is 23.9. The van der Waals surface area contributed by atoms with Crippen molar-refractivity contribution in [1.82, 2.24) is 10.6 Å². The summed E-state index contributed by atoms with van der Waals surface area (Å²) in [5.41, 5.74) is -0.814. The summed E-state index contributed by atoms with van der Waals surface area (Å²) in [4.78, 5) is 37.5. The highest BCUT2D eigenvalue weighted by molar-refractivity contribution is 6.30. The van der Waals surface area contributed by atoms with Crippen molar-refractivity contribution in [2.45, 2.75) is 64.5 Å². The molecule has 1 aliphatic rings. The molecule has 1 aromatic rings. The van der Waals surface area contributed by atoms with Gasteiger partial charge < -0.3 is 15.7 Å². The molecule has 7 nitrogen and oxygen atoms in total. The first-order valence-electron chi connectivity index (χ1n) is 11.0. The maximum absolute atomic E-state index is 12.9. The Morgan fingerprint density at radius 2 is 2.00 bits per heavy atom. The van der Waals surface area contributed by atoms with Gasteiger partial charge in [-0.1, -0.05) is 37.6 Å². The molecule has 32 heavy (non-hydrogen) atoms. The maximum atomic E-state index is 12.9. The molecule has 2 rings (SSSR count). The number of hydrogen-bond acceptors (Lipinski definition) is 5. The van der Waals surface area contributed by atoms with E-state index >= 15 is 0 Å². The number of rotatable bonds is 11. The number of amides is 2. The zero-order valence-corrected chi connectivity index (χ0v) is 19.6. The fourth-order valence-electron chi connectivity index (χ4n) is 4.08. The van der Waals surface area contributed by atoms with Gasteiger partial charge in [0.2, 0.25) is 11.8 Å². The van der Waals surface area contributed by atoms with E-state index in [2.05, 4.69) is 16.7 Å². The van der Waals surface area contributed by atoms with Crippen LogP contribution in [0, 0.1) is 29.1 Å². The molecule has 4 atom stereocenters. The summed E-state index contributed by atoms with van der Waals surface area (Å²) in [6.07, 6.45) is 1.20. The second-order valence-corrected chi connectivity index (χ2v) is 9.67. The van der Waals surface area contributed by atoms with Crippen LogP contribution in [0.1, 0.15) is 58.4 Å². The van der Waals surface area contributed by atoms with E-state index in [0.29, 0.717) is 30.0 Å². The van der Waals surface area contributed by atoms with Crippen molar-refractivity contribution in [3.63, 3.8) is 0 Å². The van der Waals surface area contributed by atoms with Crippen LogP contribution < -0.4 is 10.6 Å². The largest absolute Gasteiger partial charge is 0.385 e. The van der Waals surface area contributed by atoms with E-state index in [1.165, 1.54) is 0 Å². The van der Waals surface area contributed by atoms with E-state index in [4.69, 9.17) is 11.6 Å². The molecule has 0 spiro atoms. The smallest absolute Gasteiger partial charge is 0.224 e. The van der Waals surface area contributed by atoms with Crippen molar-refractivity contribution >= 4 is 29.2 Å². The SMILES string of the molecule is CC(C)C[C@H](CC(=O)C[C@@](C)(O)c1ccc(Cl)cc1)C(=O)N[C@H](C#N)C[C@@H]1CCNC1=O. The third kappa shape index (κ3) is 7.61. The van der Waals surface area contributed by atoms with Gasteiger partial charge in [-0.05, 0) is 49.8 Å². The lowest BCUT2D eigenvalue weighted by atomic mass is 9.85. The quantitative estimate of drug-likeness (QED) is 0.467. The second-order valence-electron chi connectivity index (χ2n) is 9.23. The minimum Gasteiger partial charge on any atom is -0.385 e. The number of Topliss-reactive ketones (excluding diaryl/α,β-unsaturated/α-hetero) is 1. The summed E-state index contributed by atoms with van der Waals surface area (Å²) in [7, 11) is 0. The fraction of sp³-hybridized carbons (Fsp3) is 0.583. The Hall–Kier alpha value is -2.43. The second kappa shape index (κ2) is 11.4. The van der Waals surface area contributed by atoms with Crippen LogP contribution >= 0.6 is 11.6 Å². The monoisotopic (exact) mass is 461 g/mol. The Balaban J connectivity index is 2.02. The molecule has 0 bridgehead atoms. The number of aliphatic hydroxyl groups is 1. The molecule has 1 saturated heterocycles. The number of halogens is 1. The molecule has 2 amide bonds. The highest BCUT2D eigenvalue weighted by Gasteiger charge is 2.32. The number of carbonyl (C=O) groups is 3. The summed E-state index contributed by atoms with van der Waals surface area (Å²) in [5, 5.41) is 26.2. The average molecular weight is 462 g/mol. The first kappa shape index (κ1) is 25.8. The normalized spacial score (nSPS) is 19.5. The summed E-state index contributed by atoms with van der Waals surface area (Å²) in [6, 6.07) is 7.91. The molecule has 0 aromatic heterocycles. The first-order valence-corrected chi connectivity index (χ1v) is 11.4. The lowest BCUT2D eigenvalue weighted by Gasteiger charge is -2.25. The van der Waals surface area contributed by atoms with Gasteiger partial charge in [0, 0.05) is 36.2 Å². The van der Waals surface area contributed by atoms with Gasteiger partial charge in [0.05, 0.1) is 11.7 Å². The minimum atomic E-state index is -1.38. The van der Waals surface area contributed by atoms with E-state index in [9.17, 15) is 24.8 Å². The Labute approximate surface area is 194 Å². The van der Waals surface area contributed by atoms with Crippen LogP contribution in [0.2, 0.25) is 5.02 Å². The van der Waals surface area contributed by atoms with E-state index in [0.717, 1.165) is 0 Å². The molecule has 1 fully saturated rings. The van der Waals surface area contributed by atoms with Crippen molar-refractivity contribution in [2.24, 2.45) is 17.8 Å². The highest BCUT2D eigenvalue weighted by Crippen LogP contribution is 2.28. The van der Waals surface area contributed by atoms with Crippen molar-refractivity contribution in [2.75, 3.05) is 6.54 Å². The number of hydrogen-bond donors (Lipinski definition) is 3. The van der Waals surface area contributed by atoms with Gasteiger partial charge >= 0.3 is 0 Å². The number of carbonyl (C=O) groups excluding carboxylic acids is 3. The molecule has 1 heterocycles. The Kier molecular flexibility index (Phi) is 9.23. The molecule has 0 radical (unpaired) electrons. The van der Waals surface area contributed by atoms with Crippen LogP contribution in [0.25, 0.3) is 0 Å². The average Bonchev–Trinajstić information content (AvgIpc) is 3.10. The molecular formula is C24H32ClN3O4. The Bertz CT molecular complexity index is 861. The number of nitrogens with one attached hydrogen (secondary N) is 2. The van der Waals surface area contributed by atoms with Crippen LogP contribution in [0.15, 0.2) is 24.3 Å². The van der Waals surface area contributed by atoms with Gasteiger partial charge in [0.25, 0.3) is 0 Å². The molecule has 0 saturated carbocycles. The summed E-state index contributed by atoms with van der Waals surface area (Å²) >= 11 is 5.90. The Morgan fingerprint density at radius 3 is 2.53 bits per heavy atom. The van der Waals surface area contributed by atoms with E-state index in [-0.39, 0.29) is 48.7 Å². The van der Waals surface area contributed by atoms with Crippen LogP contribution in [0.5, 0.6) is 0 Å². The third-order valence-corrected chi connectivity index (χ3v) is 6.02. The van der Waals surface area contributed by atoms with Gasteiger partial charge in [0.1, 0.15) is 11.8 Å². The predicted molar refractivity (Wildman–Crippen MR) is 121 cm³/mol. The van der Waals surface area contributed by atoms with Crippen LogP contribution in [-0.2, 0) is 20.0 Å². The summed E-state index contributed by atoms with van der Waals surface area (Å²) in [5.74, 6) is -1.46. The lowest BCUT2D eigenvalue weighted by Crippen LogP contribution is -2.41. The first-order chi connectivity index (χ1) is 15.0. The van der Waals surface area contributed by atoms with Gasteiger partial charge in [-0.2, -0.15) is 5.26 Å². The number of ketones is 1. The number of nitriles is 1. The zero-order valence-electron chi connectivity index (χ0n) is 18.9. The van der Waals surface area contributed by atoms with E-state index in [1.807, 2.05) is 13.8 Å². The predicted octanol–water partition coefficient (Wildman–Crippen LogP) is 3.09. The molecule has 174 valence electrons. The van der Waals surface area contributed by atoms with Crippen LogP contribution in [-0.4, -0.2) is 35.3 Å². The van der Waals surface area contributed by atoms with Crippen LogP contribution in [0.3, 0.4) is 0 Å².